The van der Waals surface area contributed by atoms with E-state index in [4.69, 9.17) is 0 Å². The number of nitriles is 1. The summed E-state index contributed by atoms with van der Waals surface area (Å²) >= 11 is 0. The number of aromatic nitrogens is 1. The van der Waals surface area contributed by atoms with Crippen LogP contribution < -0.4 is 5.32 Å². The lowest BCUT2D eigenvalue weighted by Crippen LogP contribution is -2.43. The molecule has 1 heterocycles. The van der Waals surface area contributed by atoms with E-state index in [1.807, 2.05) is 6.07 Å². The number of fused-ring (bicyclic) bond motifs is 1. The molecular weight excluding hydrogens is 242 g/mol. The minimum atomic E-state index is -0.874. The number of anilines is 1. The molecule has 0 atom stereocenters. The Bertz CT molecular complexity index is 504. The molecule has 3 N–H and O–H groups in total. The molecule has 1 aliphatic carbocycles. The predicted octanol–water partition coefficient (Wildman–Crippen LogP) is 0.987. The van der Waals surface area contributed by atoms with Crippen LogP contribution in [0, 0.1) is 11.3 Å². The summed E-state index contributed by atoms with van der Waals surface area (Å²) in [5.41, 5.74) is 1.75. The normalized spacial score (nSPS) is 14.6. The van der Waals surface area contributed by atoms with Gasteiger partial charge >= 0.3 is 0 Å². The zero-order valence-corrected chi connectivity index (χ0v) is 11.1. The van der Waals surface area contributed by atoms with Crippen LogP contribution in [0.3, 0.4) is 0 Å². The van der Waals surface area contributed by atoms with Crippen molar-refractivity contribution in [3.8, 4) is 6.07 Å². The number of rotatable bonds is 4. The van der Waals surface area contributed by atoms with E-state index >= 15 is 0 Å². The Labute approximate surface area is 112 Å². The zero-order chi connectivity index (χ0) is 13.9. The summed E-state index contributed by atoms with van der Waals surface area (Å²) in [4.78, 5) is 4.51. The summed E-state index contributed by atoms with van der Waals surface area (Å²) in [7, 11) is 0. The van der Waals surface area contributed by atoms with Crippen LogP contribution in [0.5, 0.6) is 0 Å². The topological polar surface area (TPSA) is 89.2 Å². The van der Waals surface area contributed by atoms with Crippen LogP contribution >= 0.6 is 0 Å². The first-order valence-electron chi connectivity index (χ1n) is 6.54. The van der Waals surface area contributed by atoms with Crippen LogP contribution in [-0.2, 0) is 12.8 Å². The first kappa shape index (κ1) is 13.8. The number of pyridine rings is 1. The molecule has 0 amide bonds. The van der Waals surface area contributed by atoms with Gasteiger partial charge in [-0.3, -0.25) is 0 Å². The molecule has 0 aromatic carbocycles. The molecule has 2 rings (SSSR count). The number of aliphatic hydroxyl groups excluding tert-OH is 2. The van der Waals surface area contributed by atoms with Crippen molar-refractivity contribution in [1.82, 2.24) is 4.98 Å². The van der Waals surface area contributed by atoms with Crippen molar-refractivity contribution in [2.45, 2.75) is 38.1 Å². The largest absolute Gasteiger partial charge is 0.394 e. The van der Waals surface area contributed by atoms with Gasteiger partial charge in [-0.25, -0.2) is 4.98 Å². The molecular formula is C14H19N3O2. The molecule has 0 radical (unpaired) electrons. The summed E-state index contributed by atoms with van der Waals surface area (Å²) < 4.78 is 0. The van der Waals surface area contributed by atoms with Gasteiger partial charge in [-0.15, -0.1) is 0 Å². The monoisotopic (exact) mass is 261 g/mol. The van der Waals surface area contributed by atoms with Gasteiger partial charge in [0.25, 0.3) is 0 Å². The number of hydrogen-bond donors (Lipinski definition) is 3. The Morgan fingerprint density at radius 2 is 2.05 bits per heavy atom. The summed E-state index contributed by atoms with van der Waals surface area (Å²) in [5, 5.41) is 30.8. The van der Waals surface area contributed by atoms with E-state index in [1.54, 1.807) is 6.92 Å². The standard InChI is InChI=1S/C14H19N3O2/c1-14(8-18,9-19)17-13-11(7-15)6-10-4-2-3-5-12(10)16-13/h6,18-19H,2-5,8-9H2,1H3,(H,16,17). The van der Waals surface area contributed by atoms with E-state index in [2.05, 4.69) is 16.4 Å². The van der Waals surface area contributed by atoms with E-state index in [9.17, 15) is 15.5 Å². The molecule has 1 aromatic rings. The molecule has 19 heavy (non-hydrogen) atoms. The summed E-state index contributed by atoms with van der Waals surface area (Å²) in [6.45, 7) is 1.23. The van der Waals surface area contributed by atoms with Crippen LogP contribution in [0.2, 0.25) is 0 Å². The molecule has 102 valence electrons. The van der Waals surface area contributed by atoms with Crippen LogP contribution in [0.15, 0.2) is 6.07 Å². The van der Waals surface area contributed by atoms with Crippen LogP contribution in [0.1, 0.15) is 36.6 Å². The van der Waals surface area contributed by atoms with E-state index in [1.165, 1.54) is 0 Å². The predicted molar refractivity (Wildman–Crippen MR) is 71.8 cm³/mol. The third kappa shape index (κ3) is 2.86. The fourth-order valence-corrected chi connectivity index (χ4v) is 2.23. The van der Waals surface area contributed by atoms with Crippen LogP contribution in [0.4, 0.5) is 5.82 Å². The lowest BCUT2D eigenvalue weighted by atomic mass is 9.94. The molecule has 0 saturated heterocycles. The number of hydrogen-bond acceptors (Lipinski definition) is 5. The maximum absolute atomic E-state index is 9.32. The van der Waals surface area contributed by atoms with Crippen molar-refractivity contribution in [2.24, 2.45) is 0 Å². The Morgan fingerprint density at radius 3 is 2.68 bits per heavy atom. The van der Waals surface area contributed by atoms with Crippen molar-refractivity contribution in [3.05, 3.63) is 22.9 Å². The maximum Gasteiger partial charge on any atom is 0.144 e. The highest BCUT2D eigenvalue weighted by Gasteiger charge is 2.25. The zero-order valence-electron chi connectivity index (χ0n) is 11.1. The van der Waals surface area contributed by atoms with Crippen LogP contribution in [-0.4, -0.2) is 33.9 Å². The van der Waals surface area contributed by atoms with Gasteiger partial charge in [-0.2, -0.15) is 5.26 Å². The quantitative estimate of drug-likeness (QED) is 0.752. The first-order chi connectivity index (χ1) is 9.11. The van der Waals surface area contributed by atoms with Gasteiger partial charge in [0.05, 0.1) is 24.3 Å². The van der Waals surface area contributed by atoms with E-state index in [0.717, 1.165) is 36.9 Å². The fraction of sp³-hybridized carbons (Fsp3) is 0.571. The molecule has 0 aliphatic heterocycles. The average Bonchev–Trinajstić information content (AvgIpc) is 2.46. The Morgan fingerprint density at radius 1 is 1.37 bits per heavy atom. The lowest BCUT2D eigenvalue weighted by Gasteiger charge is -2.28. The molecule has 0 bridgehead atoms. The maximum atomic E-state index is 9.32. The van der Waals surface area contributed by atoms with Gasteiger partial charge in [0.15, 0.2) is 0 Å². The highest BCUT2D eigenvalue weighted by atomic mass is 16.3. The lowest BCUT2D eigenvalue weighted by molar-refractivity contribution is 0.147. The number of aryl methyl sites for hydroxylation is 2. The van der Waals surface area contributed by atoms with Gasteiger partial charge in [0, 0.05) is 5.69 Å². The summed E-state index contributed by atoms with van der Waals surface area (Å²) in [5.74, 6) is 0.453. The van der Waals surface area contributed by atoms with Gasteiger partial charge in [0.1, 0.15) is 11.9 Å². The van der Waals surface area contributed by atoms with Crippen LogP contribution in [0.25, 0.3) is 0 Å². The van der Waals surface area contributed by atoms with Crippen molar-refractivity contribution in [3.63, 3.8) is 0 Å². The fourth-order valence-electron chi connectivity index (χ4n) is 2.23. The molecule has 0 spiro atoms. The van der Waals surface area contributed by atoms with Gasteiger partial charge in [-0.05, 0) is 44.2 Å². The highest BCUT2D eigenvalue weighted by molar-refractivity contribution is 5.56. The van der Waals surface area contributed by atoms with Gasteiger partial charge < -0.3 is 15.5 Å². The number of aliphatic hydroxyl groups is 2. The number of nitrogens with zero attached hydrogens (tertiary/aromatic N) is 2. The van der Waals surface area contributed by atoms with Gasteiger partial charge in [0.2, 0.25) is 0 Å². The molecule has 5 heteroatoms. The van der Waals surface area contributed by atoms with Gasteiger partial charge in [-0.1, -0.05) is 0 Å². The van der Waals surface area contributed by atoms with Crippen molar-refractivity contribution in [2.75, 3.05) is 18.5 Å². The average molecular weight is 261 g/mol. The third-order valence-corrected chi connectivity index (χ3v) is 3.54. The second-order valence-electron chi connectivity index (χ2n) is 5.31. The minimum absolute atomic E-state index is 0.229. The Balaban J connectivity index is 2.37. The highest BCUT2D eigenvalue weighted by Crippen LogP contribution is 2.25. The molecule has 0 fully saturated rings. The first-order valence-corrected chi connectivity index (χ1v) is 6.54. The second kappa shape index (κ2) is 5.55. The van der Waals surface area contributed by atoms with Crippen molar-refractivity contribution >= 4 is 5.82 Å². The van der Waals surface area contributed by atoms with E-state index in [-0.39, 0.29) is 13.2 Å². The molecule has 5 nitrogen and oxygen atoms in total. The Hall–Kier alpha value is -1.64. The molecule has 0 saturated carbocycles. The summed E-state index contributed by atoms with van der Waals surface area (Å²) in [6, 6.07) is 4.00. The summed E-state index contributed by atoms with van der Waals surface area (Å²) in [6.07, 6.45) is 4.14. The SMILES string of the molecule is CC(CO)(CO)Nc1nc2c(cc1C#N)CCCC2. The van der Waals surface area contributed by atoms with E-state index in [0.29, 0.717) is 11.4 Å². The molecule has 1 aliphatic rings. The molecule has 0 unspecified atom stereocenters. The second-order valence-corrected chi connectivity index (χ2v) is 5.31. The molecule has 1 aromatic heterocycles. The van der Waals surface area contributed by atoms with Crippen molar-refractivity contribution in [1.29, 1.82) is 5.26 Å². The minimum Gasteiger partial charge on any atom is -0.394 e. The van der Waals surface area contributed by atoms with E-state index < -0.39 is 5.54 Å². The third-order valence-electron chi connectivity index (χ3n) is 3.54. The Kier molecular flexibility index (Phi) is 4.03. The van der Waals surface area contributed by atoms with Crippen molar-refractivity contribution < 1.29 is 10.2 Å². The number of nitrogens with one attached hydrogen (secondary N) is 1. The smallest absolute Gasteiger partial charge is 0.144 e.